The summed E-state index contributed by atoms with van der Waals surface area (Å²) in [4.78, 5) is 0. The van der Waals surface area contributed by atoms with E-state index in [1.54, 1.807) is 0 Å². The zero-order valence-corrected chi connectivity index (χ0v) is 9.37. The number of nitrogen functional groups attached to an aromatic ring is 1. The molecule has 9 heteroatoms. The molecular formula is C8H4BrF6NO. The maximum atomic E-state index is 12.5. The summed E-state index contributed by atoms with van der Waals surface area (Å²) in [7, 11) is 0. The molecule has 17 heavy (non-hydrogen) atoms. The maximum Gasteiger partial charge on any atom is 0.573 e. The lowest BCUT2D eigenvalue weighted by molar-refractivity contribution is -0.276. The fraction of sp³-hybridized carbons (Fsp3) is 0.250. The third-order valence-electron chi connectivity index (χ3n) is 1.64. The second-order valence-corrected chi connectivity index (χ2v) is 3.74. The van der Waals surface area contributed by atoms with Crippen molar-refractivity contribution in [1.82, 2.24) is 0 Å². The van der Waals surface area contributed by atoms with E-state index in [-0.39, 0.29) is 0 Å². The van der Waals surface area contributed by atoms with E-state index >= 15 is 0 Å². The van der Waals surface area contributed by atoms with Crippen LogP contribution in [0.3, 0.4) is 0 Å². The molecule has 0 radical (unpaired) electrons. The van der Waals surface area contributed by atoms with E-state index in [0.717, 1.165) is 12.1 Å². The minimum Gasteiger partial charge on any atom is -0.404 e. The Balaban J connectivity index is 3.41. The molecule has 1 aromatic rings. The SMILES string of the molecule is Nc1ccc(Br)c(OC(F)(F)F)c1C(F)(F)F. The average Bonchev–Trinajstić information content (AvgIpc) is 2.06. The van der Waals surface area contributed by atoms with E-state index in [2.05, 4.69) is 20.7 Å². The Hall–Kier alpha value is -1.12. The van der Waals surface area contributed by atoms with E-state index in [0.29, 0.717) is 0 Å². The van der Waals surface area contributed by atoms with Gasteiger partial charge < -0.3 is 10.5 Å². The lowest BCUT2D eigenvalue weighted by Crippen LogP contribution is -2.21. The first-order valence-corrected chi connectivity index (χ1v) is 4.72. The van der Waals surface area contributed by atoms with Crippen molar-refractivity contribution >= 4 is 21.6 Å². The highest BCUT2D eigenvalue weighted by molar-refractivity contribution is 9.10. The zero-order chi connectivity index (χ0) is 13.4. The van der Waals surface area contributed by atoms with Gasteiger partial charge in [0.15, 0.2) is 5.75 Å². The summed E-state index contributed by atoms with van der Waals surface area (Å²) >= 11 is 2.55. The molecule has 0 bridgehead atoms. The molecule has 96 valence electrons. The molecule has 0 heterocycles. The van der Waals surface area contributed by atoms with E-state index < -0.39 is 34.0 Å². The van der Waals surface area contributed by atoms with Crippen LogP contribution in [-0.2, 0) is 6.18 Å². The van der Waals surface area contributed by atoms with Gasteiger partial charge in [-0.15, -0.1) is 13.2 Å². The Morgan fingerprint density at radius 3 is 2.00 bits per heavy atom. The first kappa shape index (κ1) is 13.9. The summed E-state index contributed by atoms with van der Waals surface area (Å²) in [5.41, 5.74) is 2.50. The molecular weight excluding hydrogens is 320 g/mol. The largest absolute Gasteiger partial charge is 0.573 e. The number of hydrogen-bond acceptors (Lipinski definition) is 2. The van der Waals surface area contributed by atoms with Crippen LogP contribution in [0.1, 0.15) is 5.56 Å². The minimum atomic E-state index is -5.24. The molecule has 0 atom stereocenters. The van der Waals surface area contributed by atoms with E-state index in [4.69, 9.17) is 5.73 Å². The van der Waals surface area contributed by atoms with Gasteiger partial charge in [-0.3, -0.25) is 0 Å². The third-order valence-corrected chi connectivity index (χ3v) is 2.27. The molecule has 0 aliphatic rings. The first-order valence-electron chi connectivity index (χ1n) is 3.93. The Morgan fingerprint density at radius 1 is 1.06 bits per heavy atom. The number of halogens is 7. The van der Waals surface area contributed by atoms with Gasteiger partial charge in [0.05, 0.1) is 4.47 Å². The first-order chi connectivity index (χ1) is 7.52. The van der Waals surface area contributed by atoms with Crippen LogP contribution >= 0.6 is 15.9 Å². The summed E-state index contributed by atoms with van der Waals surface area (Å²) in [6.45, 7) is 0. The van der Waals surface area contributed by atoms with Gasteiger partial charge in [-0.2, -0.15) is 13.2 Å². The fourth-order valence-electron chi connectivity index (χ4n) is 1.08. The molecule has 0 amide bonds. The Morgan fingerprint density at radius 2 is 1.59 bits per heavy atom. The van der Waals surface area contributed by atoms with Crippen molar-refractivity contribution in [3.63, 3.8) is 0 Å². The van der Waals surface area contributed by atoms with Crippen molar-refractivity contribution < 1.29 is 31.1 Å². The second kappa shape index (κ2) is 4.28. The van der Waals surface area contributed by atoms with Crippen LogP contribution in [0.25, 0.3) is 0 Å². The Bertz CT molecular complexity index is 427. The van der Waals surface area contributed by atoms with Gasteiger partial charge in [-0.05, 0) is 28.1 Å². The topological polar surface area (TPSA) is 35.2 Å². The van der Waals surface area contributed by atoms with Gasteiger partial charge in [-0.25, -0.2) is 0 Å². The van der Waals surface area contributed by atoms with Crippen molar-refractivity contribution in [2.45, 2.75) is 12.5 Å². The third kappa shape index (κ3) is 3.42. The van der Waals surface area contributed by atoms with Crippen LogP contribution in [0, 0.1) is 0 Å². The van der Waals surface area contributed by atoms with Gasteiger partial charge in [0.2, 0.25) is 0 Å². The lowest BCUT2D eigenvalue weighted by atomic mass is 10.1. The van der Waals surface area contributed by atoms with Crippen LogP contribution in [0.4, 0.5) is 32.0 Å². The normalized spacial score (nSPS) is 12.6. The Labute approximate surface area is 99.5 Å². The summed E-state index contributed by atoms with van der Waals surface area (Å²) in [5.74, 6) is -1.40. The number of anilines is 1. The van der Waals surface area contributed by atoms with E-state index in [9.17, 15) is 26.3 Å². The van der Waals surface area contributed by atoms with E-state index in [1.165, 1.54) is 0 Å². The molecule has 1 aromatic carbocycles. The molecule has 0 saturated carbocycles. The lowest BCUT2D eigenvalue weighted by Gasteiger charge is -2.18. The number of hydrogen-bond donors (Lipinski definition) is 1. The summed E-state index contributed by atoms with van der Waals surface area (Å²) in [6, 6.07) is 1.77. The molecule has 0 unspecified atom stereocenters. The van der Waals surface area contributed by atoms with Crippen LogP contribution < -0.4 is 10.5 Å². The summed E-state index contributed by atoms with van der Waals surface area (Å²) < 4.78 is 76.3. The molecule has 0 spiro atoms. The molecule has 2 N–H and O–H groups in total. The molecule has 0 aliphatic carbocycles. The zero-order valence-electron chi connectivity index (χ0n) is 7.79. The van der Waals surface area contributed by atoms with Gasteiger partial charge in [0.25, 0.3) is 0 Å². The number of nitrogens with two attached hydrogens (primary N) is 1. The molecule has 0 saturated heterocycles. The van der Waals surface area contributed by atoms with Crippen LogP contribution in [-0.4, -0.2) is 6.36 Å². The van der Waals surface area contributed by atoms with Gasteiger partial charge in [0, 0.05) is 5.69 Å². The van der Waals surface area contributed by atoms with Crippen molar-refractivity contribution in [3.05, 3.63) is 22.2 Å². The molecule has 1 rings (SSSR count). The standard InChI is InChI=1S/C8H4BrF6NO/c9-3-1-2-4(16)5(7(10,11)12)6(3)17-8(13,14)15/h1-2H,16H2. The second-order valence-electron chi connectivity index (χ2n) is 2.89. The predicted octanol–water partition coefficient (Wildman–Crippen LogP) is 3.95. The predicted molar refractivity (Wildman–Crippen MR) is 50.2 cm³/mol. The minimum absolute atomic E-state index is 0.489. The maximum absolute atomic E-state index is 12.5. The number of benzene rings is 1. The van der Waals surface area contributed by atoms with Crippen molar-refractivity contribution in [1.29, 1.82) is 0 Å². The van der Waals surface area contributed by atoms with E-state index in [1.807, 2.05) is 0 Å². The number of rotatable bonds is 1. The highest BCUT2D eigenvalue weighted by atomic mass is 79.9. The number of alkyl halides is 6. The average molecular weight is 324 g/mol. The molecule has 0 aromatic heterocycles. The monoisotopic (exact) mass is 323 g/mol. The van der Waals surface area contributed by atoms with Crippen LogP contribution in [0.2, 0.25) is 0 Å². The fourth-order valence-corrected chi connectivity index (χ4v) is 1.49. The Kier molecular flexibility index (Phi) is 3.51. The quantitative estimate of drug-likeness (QED) is 0.627. The van der Waals surface area contributed by atoms with Gasteiger partial charge >= 0.3 is 12.5 Å². The van der Waals surface area contributed by atoms with Crippen LogP contribution in [0.5, 0.6) is 5.75 Å². The van der Waals surface area contributed by atoms with Crippen molar-refractivity contribution in [2.75, 3.05) is 5.73 Å². The molecule has 2 nitrogen and oxygen atoms in total. The summed E-state index contributed by atoms with van der Waals surface area (Å²) in [6.07, 6.45) is -10.3. The van der Waals surface area contributed by atoms with Gasteiger partial charge in [-0.1, -0.05) is 0 Å². The van der Waals surface area contributed by atoms with Gasteiger partial charge in [0.1, 0.15) is 5.56 Å². The highest BCUT2D eigenvalue weighted by Crippen LogP contribution is 2.45. The van der Waals surface area contributed by atoms with Crippen LogP contribution in [0.15, 0.2) is 16.6 Å². The van der Waals surface area contributed by atoms with Crippen molar-refractivity contribution in [2.24, 2.45) is 0 Å². The molecule has 0 fully saturated rings. The molecule has 0 aliphatic heterocycles. The summed E-state index contributed by atoms with van der Waals surface area (Å²) in [5, 5.41) is 0. The number of ether oxygens (including phenoxy) is 1. The van der Waals surface area contributed by atoms with Crippen molar-refractivity contribution in [3.8, 4) is 5.75 Å². The highest BCUT2D eigenvalue weighted by Gasteiger charge is 2.42. The smallest absolute Gasteiger partial charge is 0.404 e.